The van der Waals surface area contributed by atoms with Crippen LogP contribution in [0.5, 0.6) is 0 Å². The quantitative estimate of drug-likeness (QED) is 0.382. The number of hydrogen-bond donors (Lipinski definition) is 2. The van der Waals surface area contributed by atoms with Gasteiger partial charge < -0.3 is 4.90 Å². The topological polar surface area (TPSA) is 90.6 Å². The highest BCUT2D eigenvalue weighted by Gasteiger charge is 2.28. The number of nitrogens with one attached hydrogen (secondary N) is 2. The van der Waals surface area contributed by atoms with Crippen LogP contribution in [-0.2, 0) is 12.8 Å². The molecule has 3 aromatic heterocycles. The number of carbonyl (C=O) groups is 1. The number of benzene rings is 1. The molecule has 182 valence electrons. The number of aryl methyl sites for hydroxylation is 2. The van der Waals surface area contributed by atoms with Crippen molar-refractivity contribution in [2.24, 2.45) is 5.92 Å². The average Bonchev–Trinajstić information content (AvgIpc) is 3.50. The van der Waals surface area contributed by atoms with Crippen LogP contribution in [0, 0.1) is 12.8 Å². The summed E-state index contributed by atoms with van der Waals surface area (Å²) in [7, 11) is 4.32. The maximum Gasteiger partial charge on any atom is 0.183 e. The van der Waals surface area contributed by atoms with E-state index in [0.717, 1.165) is 77.3 Å². The smallest absolute Gasteiger partial charge is 0.183 e. The fraction of sp³-hybridized carbons (Fsp3) is 0.500. The lowest BCUT2D eigenvalue weighted by Gasteiger charge is -2.32. The summed E-state index contributed by atoms with van der Waals surface area (Å²) in [5, 5.41) is 17.1. The Morgan fingerprint density at radius 3 is 2.51 bits per heavy atom. The summed E-state index contributed by atoms with van der Waals surface area (Å²) in [6.07, 6.45) is 11.4. The second-order valence-electron chi connectivity index (χ2n) is 10.8. The molecule has 1 aromatic carbocycles. The highest BCUT2D eigenvalue weighted by molar-refractivity contribution is 6.17. The number of hydrogen-bond acceptors (Lipinski definition) is 5. The van der Waals surface area contributed by atoms with Gasteiger partial charge in [0.2, 0.25) is 0 Å². The summed E-state index contributed by atoms with van der Waals surface area (Å²) in [4.78, 5) is 21.1. The van der Waals surface area contributed by atoms with Crippen LogP contribution in [0.2, 0.25) is 0 Å². The molecule has 1 saturated carbocycles. The lowest BCUT2D eigenvalue weighted by molar-refractivity contribution is 0.0932. The molecule has 0 unspecified atom stereocenters. The van der Waals surface area contributed by atoms with Crippen molar-refractivity contribution in [1.29, 1.82) is 0 Å². The molecule has 0 radical (unpaired) electrons. The molecule has 0 aliphatic heterocycles. The first-order valence-electron chi connectivity index (χ1n) is 13.0. The second-order valence-corrected chi connectivity index (χ2v) is 10.8. The van der Waals surface area contributed by atoms with Gasteiger partial charge in [-0.3, -0.25) is 15.0 Å². The summed E-state index contributed by atoms with van der Waals surface area (Å²) < 4.78 is 0. The fourth-order valence-corrected chi connectivity index (χ4v) is 6.37. The molecule has 1 fully saturated rings. The van der Waals surface area contributed by atoms with Crippen molar-refractivity contribution in [2.45, 2.75) is 70.8 Å². The molecule has 0 amide bonds. The van der Waals surface area contributed by atoms with E-state index in [1.807, 2.05) is 19.2 Å². The summed E-state index contributed by atoms with van der Waals surface area (Å²) in [5.74, 6) is 0.611. The zero-order chi connectivity index (χ0) is 24.1. The van der Waals surface area contributed by atoms with Crippen molar-refractivity contribution in [3.05, 3.63) is 40.8 Å². The van der Waals surface area contributed by atoms with Gasteiger partial charge in [0.25, 0.3) is 0 Å². The first-order valence-corrected chi connectivity index (χ1v) is 13.0. The number of H-pyrrole nitrogens is 2. The molecule has 2 aliphatic rings. The van der Waals surface area contributed by atoms with Gasteiger partial charge in [-0.2, -0.15) is 10.2 Å². The molecule has 35 heavy (non-hydrogen) atoms. The number of rotatable bonds is 5. The third-order valence-corrected chi connectivity index (χ3v) is 8.37. The fourth-order valence-electron chi connectivity index (χ4n) is 6.37. The van der Waals surface area contributed by atoms with Crippen molar-refractivity contribution in [3.63, 3.8) is 0 Å². The van der Waals surface area contributed by atoms with Crippen LogP contribution >= 0.6 is 0 Å². The predicted molar refractivity (Wildman–Crippen MR) is 139 cm³/mol. The Balaban J connectivity index is 1.43. The van der Waals surface area contributed by atoms with E-state index in [9.17, 15) is 4.79 Å². The second kappa shape index (κ2) is 8.86. The number of fused-ring (bicyclic) bond motifs is 5. The number of pyridine rings is 1. The molecule has 0 atom stereocenters. The molecule has 6 rings (SSSR count). The van der Waals surface area contributed by atoms with Crippen molar-refractivity contribution in [2.75, 3.05) is 14.1 Å². The minimum absolute atomic E-state index is 0.163. The Morgan fingerprint density at radius 1 is 1.03 bits per heavy atom. The number of aromatic nitrogens is 5. The summed E-state index contributed by atoms with van der Waals surface area (Å²) >= 11 is 0. The van der Waals surface area contributed by atoms with Crippen molar-refractivity contribution in [3.8, 4) is 11.3 Å². The Bertz CT molecular complexity index is 1410. The molecule has 0 saturated heterocycles. The van der Waals surface area contributed by atoms with Gasteiger partial charge in [-0.15, -0.1) is 0 Å². The normalized spacial score (nSPS) is 20.6. The van der Waals surface area contributed by atoms with E-state index in [4.69, 9.17) is 4.98 Å². The first-order chi connectivity index (χ1) is 17.0. The minimum atomic E-state index is 0.163. The maximum absolute atomic E-state index is 13.6. The van der Waals surface area contributed by atoms with Crippen LogP contribution in [0.1, 0.15) is 72.3 Å². The Labute approximate surface area is 205 Å². The molecule has 7 nitrogen and oxygen atoms in total. The lowest BCUT2D eigenvalue weighted by atomic mass is 9.82. The van der Waals surface area contributed by atoms with Gasteiger partial charge in [-0.05, 0) is 102 Å². The molecular weight excluding hydrogens is 436 g/mol. The van der Waals surface area contributed by atoms with E-state index < -0.39 is 0 Å². The van der Waals surface area contributed by atoms with Crippen LogP contribution in [0.25, 0.3) is 33.1 Å². The van der Waals surface area contributed by atoms with Gasteiger partial charge in [0.1, 0.15) is 5.69 Å². The molecule has 0 spiro atoms. The molecule has 7 heteroatoms. The minimum Gasteiger partial charge on any atom is -0.306 e. The largest absolute Gasteiger partial charge is 0.306 e. The number of aromatic amines is 2. The van der Waals surface area contributed by atoms with Gasteiger partial charge in [0.05, 0.1) is 22.9 Å². The third-order valence-electron chi connectivity index (χ3n) is 8.37. The van der Waals surface area contributed by atoms with Crippen LogP contribution in [0.4, 0.5) is 0 Å². The molecule has 3 heterocycles. The van der Waals surface area contributed by atoms with Gasteiger partial charge in [-0.1, -0.05) is 0 Å². The van der Waals surface area contributed by atoms with E-state index in [1.165, 1.54) is 24.0 Å². The van der Waals surface area contributed by atoms with Gasteiger partial charge >= 0.3 is 0 Å². The van der Waals surface area contributed by atoms with Crippen molar-refractivity contribution >= 4 is 27.6 Å². The SMILES string of the molecule is Cc1[nH]ncc1-c1nc2ccc3[nH]nc(C(=O)CC4CCC(N(C)C)CC4)c3c2c2c1CCCC2. The molecule has 4 aromatic rings. The van der Waals surface area contributed by atoms with Crippen LogP contribution in [-0.4, -0.2) is 56.2 Å². The molecule has 2 N–H and O–H groups in total. The zero-order valence-corrected chi connectivity index (χ0v) is 20.9. The molecule has 0 bridgehead atoms. The Morgan fingerprint density at radius 2 is 1.80 bits per heavy atom. The number of Topliss-reactive ketones (excluding diaryl/α,β-unsaturated/α-hetero) is 1. The van der Waals surface area contributed by atoms with Crippen LogP contribution in [0.3, 0.4) is 0 Å². The first kappa shape index (κ1) is 22.4. The number of carbonyl (C=O) groups excluding carboxylic acids is 1. The van der Waals surface area contributed by atoms with E-state index >= 15 is 0 Å². The van der Waals surface area contributed by atoms with Crippen LogP contribution < -0.4 is 0 Å². The Hall–Kier alpha value is -3.06. The summed E-state index contributed by atoms with van der Waals surface area (Å²) in [6, 6.07) is 4.74. The predicted octanol–water partition coefficient (Wildman–Crippen LogP) is 5.38. The van der Waals surface area contributed by atoms with E-state index in [0.29, 0.717) is 24.1 Å². The van der Waals surface area contributed by atoms with Crippen molar-refractivity contribution < 1.29 is 4.79 Å². The average molecular weight is 471 g/mol. The molecule has 2 aliphatic carbocycles. The number of nitrogens with zero attached hydrogens (tertiary/aromatic N) is 4. The summed E-state index contributed by atoms with van der Waals surface area (Å²) in [6.45, 7) is 2.05. The molecular formula is C28H34N6O. The number of ketones is 1. The van der Waals surface area contributed by atoms with E-state index in [2.05, 4.69) is 45.5 Å². The Kier molecular flexibility index (Phi) is 5.67. The van der Waals surface area contributed by atoms with Gasteiger partial charge in [0, 0.05) is 34.5 Å². The monoisotopic (exact) mass is 470 g/mol. The standard InChI is InChI=1S/C28H34N6O/c1-16-21(15-29-31-16)27-20-7-5-4-6-19(20)25-22(30-27)12-13-23-26(25)28(33-32-23)24(35)14-17-8-10-18(11-9-17)34(2)3/h12-13,15,17-18H,4-11,14H2,1-3H3,(H,29,31)(H,32,33). The van der Waals surface area contributed by atoms with E-state index in [1.54, 1.807) is 0 Å². The maximum atomic E-state index is 13.6. The third kappa shape index (κ3) is 3.86. The van der Waals surface area contributed by atoms with Crippen LogP contribution in [0.15, 0.2) is 18.3 Å². The van der Waals surface area contributed by atoms with Crippen molar-refractivity contribution in [1.82, 2.24) is 30.3 Å². The lowest BCUT2D eigenvalue weighted by Crippen LogP contribution is -2.32. The zero-order valence-electron chi connectivity index (χ0n) is 20.9. The van der Waals surface area contributed by atoms with E-state index in [-0.39, 0.29) is 5.78 Å². The highest BCUT2D eigenvalue weighted by atomic mass is 16.1. The van der Waals surface area contributed by atoms with Gasteiger partial charge in [-0.25, -0.2) is 4.98 Å². The highest BCUT2D eigenvalue weighted by Crippen LogP contribution is 2.40. The summed E-state index contributed by atoms with van der Waals surface area (Å²) in [5.41, 5.74) is 8.26. The van der Waals surface area contributed by atoms with Gasteiger partial charge in [0.15, 0.2) is 5.78 Å².